The number of aryl methyl sites for hydroxylation is 1. The molecule has 0 atom stereocenters. The smallest absolute Gasteiger partial charge is 0.257 e. The summed E-state index contributed by atoms with van der Waals surface area (Å²) < 4.78 is 0.868. The predicted molar refractivity (Wildman–Crippen MR) is 68.9 cm³/mol. The molecule has 2 rings (SSSR count). The van der Waals surface area contributed by atoms with Crippen molar-refractivity contribution in [3.05, 3.63) is 52.4 Å². The molecule has 2 aromatic rings. The summed E-state index contributed by atoms with van der Waals surface area (Å²) in [6.45, 7) is 1.89. The summed E-state index contributed by atoms with van der Waals surface area (Å²) in [5.74, 6) is 0.251. The van der Waals surface area contributed by atoms with E-state index in [0.29, 0.717) is 11.4 Å². The highest BCUT2D eigenvalue weighted by atomic mass is 79.9. The fourth-order valence-electron chi connectivity index (χ4n) is 1.39. The summed E-state index contributed by atoms with van der Waals surface area (Å²) >= 11 is 3.34. The van der Waals surface area contributed by atoms with Gasteiger partial charge < -0.3 is 5.32 Å². The third kappa shape index (κ3) is 2.88. The Morgan fingerprint density at radius 3 is 2.88 bits per heavy atom. The zero-order valence-corrected chi connectivity index (χ0v) is 10.7. The highest BCUT2D eigenvalue weighted by Crippen LogP contribution is 2.17. The van der Waals surface area contributed by atoms with Crippen molar-refractivity contribution in [3.63, 3.8) is 0 Å². The van der Waals surface area contributed by atoms with Crippen molar-refractivity contribution in [1.29, 1.82) is 0 Å². The number of aromatic nitrogens is 2. The Hall–Kier alpha value is -1.75. The van der Waals surface area contributed by atoms with Gasteiger partial charge in [-0.25, -0.2) is 4.98 Å². The van der Waals surface area contributed by atoms with E-state index in [-0.39, 0.29) is 5.91 Å². The summed E-state index contributed by atoms with van der Waals surface area (Å²) in [5.41, 5.74) is 1.53. The molecule has 0 aliphatic rings. The second-order valence-corrected chi connectivity index (χ2v) is 4.42. The van der Waals surface area contributed by atoms with Gasteiger partial charge in [-0.3, -0.25) is 9.78 Å². The third-order valence-corrected chi connectivity index (χ3v) is 2.74. The Balaban J connectivity index is 2.23. The van der Waals surface area contributed by atoms with Crippen molar-refractivity contribution in [2.24, 2.45) is 0 Å². The monoisotopic (exact) mass is 291 g/mol. The number of nitrogens with zero attached hydrogens (tertiary/aromatic N) is 2. The molecule has 0 radical (unpaired) electrons. The van der Waals surface area contributed by atoms with E-state index < -0.39 is 0 Å². The molecular formula is C12H10BrN3O. The Morgan fingerprint density at radius 2 is 2.18 bits per heavy atom. The fraction of sp³-hybridized carbons (Fsp3) is 0.0833. The molecule has 1 aromatic heterocycles. The summed E-state index contributed by atoms with van der Waals surface area (Å²) in [7, 11) is 0. The maximum Gasteiger partial charge on any atom is 0.257 e. The molecular weight excluding hydrogens is 282 g/mol. The van der Waals surface area contributed by atoms with Gasteiger partial charge in [0.15, 0.2) is 5.82 Å². The molecule has 1 amide bonds. The largest absolute Gasteiger partial charge is 0.305 e. The van der Waals surface area contributed by atoms with Gasteiger partial charge in [0.2, 0.25) is 0 Å². The highest BCUT2D eigenvalue weighted by molar-refractivity contribution is 9.10. The van der Waals surface area contributed by atoms with Crippen LogP contribution in [0.15, 0.2) is 41.3 Å². The van der Waals surface area contributed by atoms with Crippen molar-refractivity contribution in [2.75, 3.05) is 5.32 Å². The van der Waals surface area contributed by atoms with E-state index in [1.165, 1.54) is 12.4 Å². The molecule has 0 aliphatic carbocycles. The molecule has 1 N–H and O–H groups in total. The fourth-order valence-corrected chi connectivity index (χ4v) is 1.75. The quantitative estimate of drug-likeness (QED) is 0.926. The molecule has 1 heterocycles. The van der Waals surface area contributed by atoms with Crippen LogP contribution < -0.4 is 5.32 Å². The van der Waals surface area contributed by atoms with Gasteiger partial charge in [0.05, 0.1) is 6.20 Å². The van der Waals surface area contributed by atoms with E-state index in [1.807, 2.05) is 19.1 Å². The average molecular weight is 292 g/mol. The molecule has 0 aliphatic heterocycles. The van der Waals surface area contributed by atoms with Crippen LogP contribution in [0, 0.1) is 6.92 Å². The van der Waals surface area contributed by atoms with Crippen LogP contribution in [-0.2, 0) is 0 Å². The lowest BCUT2D eigenvalue weighted by molar-refractivity contribution is 0.102. The Labute approximate surface area is 107 Å². The van der Waals surface area contributed by atoms with Crippen LogP contribution in [0.4, 0.5) is 5.82 Å². The summed E-state index contributed by atoms with van der Waals surface area (Å²) in [5, 5.41) is 2.69. The Bertz CT molecular complexity index is 543. The Kier molecular flexibility index (Phi) is 3.49. The number of carbonyl (C=O) groups excluding carboxylic acids is 1. The van der Waals surface area contributed by atoms with Gasteiger partial charge in [-0.15, -0.1) is 0 Å². The number of benzene rings is 1. The van der Waals surface area contributed by atoms with Crippen molar-refractivity contribution in [3.8, 4) is 0 Å². The topological polar surface area (TPSA) is 54.9 Å². The lowest BCUT2D eigenvalue weighted by Gasteiger charge is -2.06. The Morgan fingerprint density at radius 1 is 1.35 bits per heavy atom. The van der Waals surface area contributed by atoms with E-state index in [9.17, 15) is 4.79 Å². The number of hydrogen-bond acceptors (Lipinski definition) is 3. The second kappa shape index (κ2) is 5.05. The van der Waals surface area contributed by atoms with Crippen LogP contribution in [0.25, 0.3) is 0 Å². The summed E-state index contributed by atoms with van der Waals surface area (Å²) in [6.07, 6.45) is 4.59. The number of anilines is 1. The maximum absolute atomic E-state index is 12.0. The van der Waals surface area contributed by atoms with Gasteiger partial charge in [-0.05, 0) is 24.6 Å². The minimum absolute atomic E-state index is 0.190. The van der Waals surface area contributed by atoms with Crippen LogP contribution in [0.2, 0.25) is 0 Å². The predicted octanol–water partition coefficient (Wildman–Crippen LogP) is 2.80. The SMILES string of the molecule is Cc1ccc(Br)cc1C(=O)Nc1cnccn1. The van der Waals surface area contributed by atoms with Crippen molar-refractivity contribution < 1.29 is 4.79 Å². The van der Waals surface area contributed by atoms with Crippen molar-refractivity contribution >= 4 is 27.7 Å². The van der Waals surface area contributed by atoms with Gasteiger partial charge in [0.25, 0.3) is 5.91 Å². The highest BCUT2D eigenvalue weighted by Gasteiger charge is 2.10. The molecule has 0 bridgehead atoms. The number of carbonyl (C=O) groups is 1. The first-order chi connectivity index (χ1) is 8.16. The molecule has 4 nitrogen and oxygen atoms in total. The first-order valence-electron chi connectivity index (χ1n) is 5.00. The average Bonchev–Trinajstić information content (AvgIpc) is 2.33. The van der Waals surface area contributed by atoms with Crippen LogP contribution in [0.3, 0.4) is 0 Å². The van der Waals surface area contributed by atoms with E-state index in [2.05, 4.69) is 31.2 Å². The van der Waals surface area contributed by atoms with Gasteiger partial charge in [-0.1, -0.05) is 22.0 Å². The van der Waals surface area contributed by atoms with E-state index in [1.54, 1.807) is 12.3 Å². The van der Waals surface area contributed by atoms with Crippen molar-refractivity contribution in [2.45, 2.75) is 6.92 Å². The third-order valence-electron chi connectivity index (χ3n) is 2.25. The van der Waals surface area contributed by atoms with Crippen molar-refractivity contribution in [1.82, 2.24) is 9.97 Å². The van der Waals surface area contributed by atoms with Gasteiger partial charge >= 0.3 is 0 Å². The number of hydrogen-bond donors (Lipinski definition) is 1. The maximum atomic E-state index is 12.0. The standard InChI is InChI=1S/C12H10BrN3O/c1-8-2-3-9(13)6-10(8)12(17)16-11-7-14-4-5-15-11/h2-7H,1H3,(H,15,16,17). The van der Waals surface area contributed by atoms with E-state index in [4.69, 9.17) is 0 Å². The van der Waals surface area contributed by atoms with Crippen LogP contribution in [-0.4, -0.2) is 15.9 Å². The first kappa shape index (κ1) is 11.7. The molecule has 0 saturated carbocycles. The zero-order chi connectivity index (χ0) is 12.3. The first-order valence-corrected chi connectivity index (χ1v) is 5.79. The minimum atomic E-state index is -0.190. The molecule has 17 heavy (non-hydrogen) atoms. The summed E-state index contributed by atoms with van der Waals surface area (Å²) in [6, 6.07) is 5.56. The number of nitrogens with one attached hydrogen (secondary N) is 1. The van der Waals surface area contributed by atoms with Gasteiger partial charge in [-0.2, -0.15) is 0 Å². The summed E-state index contributed by atoms with van der Waals surface area (Å²) in [4.78, 5) is 19.9. The van der Waals surface area contributed by atoms with E-state index in [0.717, 1.165) is 10.0 Å². The lowest BCUT2D eigenvalue weighted by atomic mass is 10.1. The molecule has 1 aromatic carbocycles. The van der Waals surface area contributed by atoms with Gasteiger partial charge in [0, 0.05) is 22.4 Å². The molecule has 0 saturated heterocycles. The number of rotatable bonds is 2. The van der Waals surface area contributed by atoms with Crippen LogP contribution >= 0.6 is 15.9 Å². The molecule has 5 heteroatoms. The molecule has 0 unspecified atom stereocenters. The minimum Gasteiger partial charge on any atom is -0.305 e. The molecule has 0 fully saturated rings. The second-order valence-electron chi connectivity index (χ2n) is 3.50. The lowest BCUT2D eigenvalue weighted by Crippen LogP contribution is -2.14. The van der Waals surface area contributed by atoms with Gasteiger partial charge in [0.1, 0.15) is 0 Å². The molecule has 0 spiro atoms. The van der Waals surface area contributed by atoms with E-state index >= 15 is 0 Å². The van der Waals surface area contributed by atoms with Crippen LogP contribution in [0.5, 0.6) is 0 Å². The zero-order valence-electron chi connectivity index (χ0n) is 9.14. The number of amides is 1. The normalized spacial score (nSPS) is 10.0. The van der Waals surface area contributed by atoms with Crippen LogP contribution in [0.1, 0.15) is 15.9 Å². The molecule has 86 valence electrons. The number of halogens is 1.